The summed E-state index contributed by atoms with van der Waals surface area (Å²) in [6.07, 6.45) is 4.99. The highest BCUT2D eigenvalue weighted by Crippen LogP contribution is 2.33. The van der Waals surface area contributed by atoms with Crippen LogP contribution >= 0.6 is 0 Å². The fraction of sp³-hybridized carbons (Fsp3) is 0.409. The Bertz CT molecular complexity index is 699. The number of amides is 1. The zero-order chi connectivity index (χ0) is 18.9. The summed E-state index contributed by atoms with van der Waals surface area (Å²) in [5, 5.41) is 2.68. The Kier molecular flexibility index (Phi) is 7.11. The molecule has 0 spiro atoms. The van der Waals surface area contributed by atoms with Gasteiger partial charge in [-0.3, -0.25) is 5.32 Å². The smallest absolute Gasteiger partial charge is 0.417 e. The number of para-hydroxylation sites is 1. The van der Waals surface area contributed by atoms with Crippen LogP contribution in [0, 0.1) is 5.92 Å². The van der Waals surface area contributed by atoms with Crippen molar-refractivity contribution in [3.8, 4) is 11.5 Å². The van der Waals surface area contributed by atoms with Crippen molar-refractivity contribution in [1.29, 1.82) is 0 Å². The summed E-state index contributed by atoms with van der Waals surface area (Å²) in [5.74, 6) is 2.26. The number of carbonyl (C=O) groups is 1. The first-order chi connectivity index (χ1) is 13.2. The van der Waals surface area contributed by atoms with Gasteiger partial charge < -0.3 is 14.4 Å². The molecule has 0 heterocycles. The Morgan fingerprint density at radius 3 is 2.44 bits per heavy atom. The molecule has 27 heavy (non-hydrogen) atoms. The van der Waals surface area contributed by atoms with Gasteiger partial charge in [0.1, 0.15) is 18.1 Å². The molecule has 2 aromatic rings. The third-order valence-corrected chi connectivity index (χ3v) is 4.65. The number of rotatable bonds is 10. The number of anilines is 1. The maximum atomic E-state index is 11.9. The molecule has 2 aromatic carbocycles. The number of hydrogen-bond acceptors (Lipinski definition) is 4. The molecule has 1 aliphatic rings. The lowest BCUT2D eigenvalue weighted by Gasteiger charge is -2.16. The van der Waals surface area contributed by atoms with E-state index < -0.39 is 6.09 Å². The van der Waals surface area contributed by atoms with E-state index in [4.69, 9.17) is 9.47 Å². The van der Waals surface area contributed by atoms with Crippen LogP contribution in [0.4, 0.5) is 10.5 Å². The summed E-state index contributed by atoms with van der Waals surface area (Å²) in [6.45, 7) is 2.68. The van der Waals surface area contributed by atoms with Gasteiger partial charge in [-0.25, -0.2) is 4.79 Å². The van der Waals surface area contributed by atoms with Gasteiger partial charge in [-0.2, -0.15) is 0 Å². The fourth-order valence-electron chi connectivity index (χ4n) is 2.86. The van der Waals surface area contributed by atoms with Crippen LogP contribution in [0.5, 0.6) is 11.5 Å². The quantitative estimate of drug-likeness (QED) is 0.654. The van der Waals surface area contributed by atoms with Gasteiger partial charge in [-0.15, -0.1) is 0 Å². The van der Waals surface area contributed by atoms with E-state index in [1.165, 1.54) is 25.7 Å². The van der Waals surface area contributed by atoms with Gasteiger partial charge in [0.25, 0.3) is 0 Å². The highest BCUT2D eigenvalue weighted by molar-refractivity contribution is 5.86. The van der Waals surface area contributed by atoms with Gasteiger partial charge in [0.05, 0.1) is 0 Å². The Morgan fingerprint density at radius 2 is 1.74 bits per heavy atom. The summed E-state index contributed by atoms with van der Waals surface area (Å²) < 4.78 is 11.0. The second-order valence-corrected chi connectivity index (χ2v) is 7.09. The molecule has 144 valence electrons. The minimum absolute atomic E-state index is 0.480. The van der Waals surface area contributed by atoms with Crippen LogP contribution in [0.25, 0.3) is 0 Å². The topological polar surface area (TPSA) is 50.8 Å². The average molecular weight is 368 g/mol. The van der Waals surface area contributed by atoms with Crippen LogP contribution in [-0.4, -0.2) is 37.7 Å². The minimum Gasteiger partial charge on any atom is -0.492 e. The van der Waals surface area contributed by atoms with E-state index in [0.717, 1.165) is 24.8 Å². The van der Waals surface area contributed by atoms with E-state index in [0.29, 0.717) is 18.0 Å². The third kappa shape index (κ3) is 7.31. The molecule has 0 aromatic heterocycles. The van der Waals surface area contributed by atoms with E-state index in [-0.39, 0.29) is 0 Å². The second kappa shape index (κ2) is 9.97. The SMILES string of the molecule is CN(CCCC1CC1)CCOc1ccc(OC(=O)Nc2ccccc2)cc1. The summed E-state index contributed by atoms with van der Waals surface area (Å²) in [5.41, 5.74) is 0.698. The Labute approximate surface area is 161 Å². The monoisotopic (exact) mass is 368 g/mol. The molecule has 1 N–H and O–H groups in total. The number of nitrogens with one attached hydrogen (secondary N) is 1. The van der Waals surface area contributed by atoms with Crippen molar-refractivity contribution >= 4 is 11.8 Å². The summed E-state index contributed by atoms with van der Waals surface area (Å²) in [4.78, 5) is 14.2. The number of likely N-dealkylation sites (N-methyl/N-ethyl adjacent to an activating group) is 1. The molecule has 3 rings (SSSR count). The van der Waals surface area contributed by atoms with E-state index >= 15 is 0 Å². The van der Waals surface area contributed by atoms with Crippen LogP contribution < -0.4 is 14.8 Å². The minimum atomic E-state index is -0.511. The summed E-state index contributed by atoms with van der Waals surface area (Å²) in [6, 6.07) is 16.3. The second-order valence-electron chi connectivity index (χ2n) is 7.09. The molecule has 1 aliphatic carbocycles. The number of carbonyl (C=O) groups excluding carboxylic acids is 1. The number of nitrogens with zero attached hydrogens (tertiary/aromatic N) is 1. The molecule has 0 bridgehead atoms. The van der Waals surface area contributed by atoms with Crippen molar-refractivity contribution in [2.75, 3.05) is 32.1 Å². The van der Waals surface area contributed by atoms with Crippen LogP contribution in [0.15, 0.2) is 54.6 Å². The Balaban J connectivity index is 1.33. The van der Waals surface area contributed by atoms with Gasteiger partial charge in [0.15, 0.2) is 0 Å². The standard InChI is InChI=1S/C22H28N2O3/c1-24(15-5-6-18-9-10-18)16-17-26-20-11-13-21(14-12-20)27-22(25)23-19-7-3-2-4-8-19/h2-4,7-8,11-14,18H,5-6,9-10,15-17H2,1H3,(H,23,25). The lowest BCUT2D eigenvalue weighted by molar-refractivity contribution is 0.215. The summed E-state index contributed by atoms with van der Waals surface area (Å²) in [7, 11) is 2.14. The van der Waals surface area contributed by atoms with Crippen LogP contribution in [0.1, 0.15) is 25.7 Å². The third-order valence-electron chi connectivity index (χ3n) is 4.65. The van der Waals surface area contributed by atoms with Gasteiger partial charge in [-0.1, -0.05) is 31.0 Å². The predicted octanol–water partition coefficient (Wildman–Crippen LogP) is 4.80. The van der Waals surface area contributed by atoms with E-state index in [9.17, 15) is 4.79 Å². The van der Waals surface area contributed by atoms with Crippen molar-refractivity contribution in [3.05, 3.63) is 54.6 Å². The van der Waals surface area contributed by atoms with Crippen molar-refractivity contribution < 1.29 is 14.3 Å². The lowest BCUT2D eigenvalue weighted by atomic mass is 10.2. The molecule has 1 fully saturated rings. The zero-order valence-electron chi connectivity index (χ0n) is 15.9. The number of hydrogen-bond donors (Lipinski definition) is 1. The average Bonchev–Trinajstić information content (AvgIpc) is 3.48. The van der Waals surface area contributed by atoms with Gasteiger partial charge >= 0.3 is 6.09 Å². The molecule has 1 amide bonds. The molecular weight excluding hydrogens is 340 g/mol. The van der Waals surface area contributed by atoms with Crippen LogP contribution in [0.3, 0.4) is 0 Å². The Morgan fingerprint density at radius 1 is 1.04 bits per heavy atom. The van der Waals surface area contributed by atoms with Crippen molar-refractivity contribution in [2.45, 2.75) is 25.7 Å². The van der Waals surface area contributed by atoms with Crippen LogP contribution in [-0.2, 0) is 0 Å². The van der Waals surface area contributed by atoms with Crippen LogP contribution in [0.2, 0.25) is 0 Å². The van der Waals surface area contributed by atoms with Gasteiger partial charge in [0.2, 0.25) is 0 Å². The van der Waals surface area contributed by atoms with E-state index in [2.05, 4.69) is 17.3 Å². The maximum absolute atomic E-state index is 11.9. The number of benzene rings is 2. The molecule has 0 saturated heterocycles. The van der Waals surface area contributed by atoms with Crippen molar-refractivity contribution in [1.82, 2.24) is 4.90 Å². The van der Waals surface area contributed by atoms with Gasteiger partial charge in [-0.05, 0) is 68.8 Å². The molecule has 0 aliphatic heterocycles. The van der Waals surface area contributed by atoms with Crippen molar-refractivity contribution in [2.24, 2.45) is 5.92 Å². The molecule has 0 radical (unpaired) electrons. The predicted molar refractivity (Wildman–Crippen MR) is 107 cm³/mol. The molecule has 1 saturated carbocycles. The highest BCUT2D eigenvalue weighted by Gasteiger charge is 2.20. The molecular formula is C22H28N2O3. The zero-order valence-corrected chi connectivity index (χ0v) is 15.9. The Hall–Kier alpha value is -2.53. The number of ether oxygens (including phenoxy) is 2. The van der Waals surface area contributed by atoms with Gasteiger partial charge in [0, 0.05) is 12.2 Å². The maximum Gasteiger partial charge on any atom is 0.417 e. The normalized spacial score (nSPS) is 13.4. The lowest BCUT2D eigenvalue weighted by Crippen LogP contribution is -2.25. The fourth-order valence-corrected chi connectivity index (χ4v) is 2.86. The first kappa shape index (κ1) is 19.2. The van der Waals surface area contributed by atoms with E-state index in [1.807, 2.05) is 30.3 Å². The van der Waals surface area contributed by atoms with Crippen molar-refractivity contribution in [3.63, 3.8) is 0 Å². The summed E-state index contributed by atoms with van der Waals surface area (Å²) >= 11 is 0. The largest absolute Gasteiger partial charge is 0.492 e. The molecule has 5 nitrogen and oxygen atoms in total. The molecule has 5 heteroatoms. The highest BCUT2D eigenvalue weighted by atomic mass is 16.6. The van der Waals surface area contributed by atoms with E-state index in [1.54, 1.807) is 24.3 Å². The molecule has 0 unspecified atom stereocenters. The first-order valence-corrected chi connectivity index (χ1v) is 9.64. The first-order valence-electron chi connectivity index (χ1n) is 9.64. The molecule has 0 atom stereocenters.